The average molecular weight is 434 g/mol. The molecule has 29 heavy (non-hydrogen) atoms. The van der Waals surface area contributed by atoms with Crippen molar-refractivity contribution in [3.63, 3.8) is 0 Å². The van der Waals surface area contributed by atoms with Gasteiger partial charge < -0.3 is 5.32 Å². The van der Waals surface area contributed by atoms with Crippen LogP contribution in [0.5, 0.6) is 0 Å². The van der Waals surface area contributed by atoms with Gasteiger partial charge in [-0.05, 0) is 37.6 Å². The number of carbonyl (C=O) groups excluding carboxylic acids is 1. The molecule has 0 saturated carbocycles. The van der Waals surface area contributed by atoms with Gasteiger partial charge in [0.25, 0.3) is 0 Å². The van der Waals surface area contributed by atoms with Crippen molar-refractivity contribution >= 4 is 43.2 Å². The standard InChI is InChI=1S/C20H23N3O4S2/c1-13(2)23-16-11-10-15(12-17(16)28-20(23)25)21-19(24)18(22(3)29(4,26)27)14-8-6-5-7-9-14/h5-13,18H,1-4H3,(H,21,24)/t18-/m0/s1. The number of sulfonamides is 1. The Morgan fingerprint density at radius 2 is 1.79 bits per heavy atom. The molecular weight excluding hydrogens is 410 g/mol. The van der Waals surface area contributed by atoms with Crippen molar-refractivity contribution in [3.05, 3.63) is 63.8 Å². The van der Waals surface area contributed by atoms with Gasteiger partial charge in [0, 0.05) is 18.8 Å². The van der Waals surface area contributed by atoms with Gasteiger partial charge in [-0.25, -0.2) is 8.42 Å². The number of fused-ring (bicyclic) bond motifs is 1. The van der Waals surface area contributed by atoms with Gasteiger partial charge in [0.05, 0.1) is 16.5 Å². The molecule has 1 aromatic heterocycles. The Kier molecular flexibility index (Phi) is 5.92. The van der Waals surface area contributed by atoms with Crippen molar-refractivity contribution < 1.29 is 13.2 Å². The van der Waals surface area contributed by atoms with E-state index in [4.69, 9.17) is 0 Å². The highest BCUT2D eigenvalue weighted by Crippen LogP contribution is 2.27. The van der Waals surface area contributed by atoms with Crippen LogP contribution in [0.25, 0.3) is 10.2 Å². The van der Waals surface area contributed by atoms with Crippen LogP contribution in [0.15, 0.2) is 53.3 Å². The zero-order chi connectivity index (χ0) is 21.3. The van der Waals surface area contributed by atoms with Crippen LogP contribution in [0, 0.1) is 0 Å². The molecule has 1 amide bonds. The van der Waals surface area contributed by atoms with Gasteiger partial charge in [-0.2, -0.15) is 4.31 Å². The number of hydrogen-bond acceptors (Lipinski definition) is 5. The largest absolute Gasteiger partial charge is 0.324 e. The van der Waals surface area contributed by atoms with Crippen LogP contribution < -0.4 is 10.2 Å². The van der Waals surface area contributed by atoms with Gasteiger partial charge in [0.15, 0.2) is 0 Å². The van der Waals surface area contributed by atoms with Crippen molar-refractivity contribution in [2.45, 2.75) is 25.9 Å². The molecule has 7 nitrogen and oxygen atoms in total. The van der Waals surface area contributed by atoms with Crippen LogP contribution >= 0.6 is 11.3 Å². The molecule has 0 aliphatic heterocycles. The van der Waals surface area contributed by atoms with E-state index in [2.05, 4.69) is 5.32 Å². The summed E-state index contributed by atoms with van der Waals surface area (Å²) in [6.07, 6.45) is 1.06. The summed E-state index contributed by atoms with van der Waals surface area (Å²) in [4.78, 5) is 25.2. The molecule has 0 saturated heterocycles. The van der Waals surface area contributed by atoms with Crippen molar-refractivity contribution in [1.82, 2.24) is 8.87 Å². The SMILES string of the molecule is CC(C)n1c(=O)sc2cc(NC(=O)[C@H](c3ccccc3)N(C)S(C)(=O)=O)ccc21. The maximum atomic E-state index is 13.0. The lowest BCUT2D eigenvalue weighted by molar-refractivity contribution is -0.119. The monoisotopic (exact) mass is 433 g/mol. The molecule has 1 N–H and O–H groups in total. The number of hydrogen-bond donors (Lipinski definition) is 1. The Balaban J connectivity index is 1.96. The highest BCUT2D eigenvalue weighted by molar-refractivity contribution is 7.88. The predicted molar refractivity (Wildman–Crippen MR) is 117 cm³/mol. The number of carbonyl (C=O) groups is 1. The van der Waals surface area contributed by atoms with Crippen molar-refractivity contribution in [2.24, 2.45) is 0 Å². The van der Waals surface area contributed by atoms with Crippen LogP contribution in [0.1, 0.15) is 31.5 Å². The van der Waals surface area contributed by atoms with Gasteiger partial charge in [0.1, 0.15) is 6.04 Å². The Morgan fingerprint density at radius 1 is 1.14 bits per heavy atom. The topological polar surface area (TPSA) is 88.5 Å². The molecule has 3 rings (SSSR count). The first-order chi connectivity index (χ1) is 13.6. The summed E-state index contributed by atoms with van der Waals surface area (Å²) in [5, 5.41) is 2.79. The second-order valence-electron chi connectivity index (χ2n) is 7.10. The fourth-order valence-electron chi connectivity index (χ4n) is 3.17. The van der Waals surface area contributed by atoms with E-state index in [1.165, 1.54) is 7.05 Å². The zero-order valence-corrected chi connectivity index (χ0v) is 18.3. The quantitative estimate of drug-likeness (QED) is 0.646. The molecule has 9 heteroatoms. The molecule has 0 aliphatic rings. The Labute approximate surface area is 173 Å². The molecule has 0 unspecified atom stereocenters. The van der Waals surface area contributed by atoms with Crippen LogP contribution in [0.4, 0.5) is 5.69 Å². The van der Waals surface area contributed by atoms with Crippen LogP contribution in [-0.4, -0.2) is 36.5 Å². The first-order valence-corrected chi connectivity index (χ1v) is 11.7. The van der Waals surface area contributed by atoms with Gasteiger partial charge in [-0.1, -0.05) is 41.7 Å². The van der Waals surface area contributed by atoms with E-state index >= 15 is 0 Å². The first-order valence-electron chi connectivity index (χ1n) is 9.03. The minimum absolute atomic E-state index is 0.0302. The summed E-state index contributed by atoms with van der Waals surface area (Å²) in [7, 11) is -2.22. The summed E-state index contributed by atoms with van der Waals surface area (Å²) in [6, 6.07) is 13.0. The molecule has 1 atom stereocenters. The molecule has 0 radical (unpaired) electrons. The number of nitrogens with zero attached hydrogens (tertiary/aromatic N) is 2. The maximum absolute atomic E-state index is 13.0. The fraction of sp³-hybridized carbons (Fsp3) is 0.300. The van der Waals surface area contributed by atoms with Crippen LogP contribution in [-0.2, 0) is 14.8 Å². The zero-order valence-electron chi connectivity index (χ0n) is 16.6. The van der Waals surface area contributed by atoms with E-state index in [0.29, 0.717) is 11.3 Å². The lowest BCUT2D eigenvalue weighted by Crippen LogP contribution is -2.38. The number of nitrogens with one attached hydrogen (secondary N) is 1. The van der Waals surface area contributed by atoms with Gasteiger partial charge in [-0.15, -0.1) is 0 Å². The van der Waals surface area contributed by atoms with Crippen LogP contribution in [0.2, 0.25) is 0 Å². The molecular formula is C20H23N3O4S2. The van der Waals surface area contributed by atoms with E-state index < -0.39 is 22.0 Å². The van der Waals surface area contributed by atoms with E-state index in [0.717, 1.165) is 32.1 Å². The molecule has 0 aliphatic carbocycles. The minimum atomic E-state index is -3.60. The van der Waals surface area contributed by atoms with Gasteiger partial charge >= 0.3 is 4.87 Å². The minimum Gasteiger partial charge on any atom is -0.324 e. The lowest BCUT2D eigenvalue weighted by atomic mass is 10.1. The van der Waals surface area contributed by atoms with Crippen molar-refractivity contribution in [3.8, 4) is 0 Å². The second kappa shape index (κ2) is 8.10. The fourth-order valence-corrected chi connectivity index (χ4v) is 4.82. The van der Waals surface area contributed by atoms with Crippen molar-refractivity contribution in [2.75, 3.05) is 18.6 Å². The molecule has 154 valence electrons. The summed E-state index contributed by atoms with van der Waals surface area (Å²) >= 11 is 1.11. The maximum Gasteiger partial charge on any atom is 0.308 e. The predicted octanol–water partition coefficient (Wildman–Crippen LogP) is 3.22. The summed E-state index contributed by atoms with van der Waals surface area (Å²) in [5.74, 6) is -0.473. The number of rotatable bonds is 6. The average Bonchev–Trinajstić information content (AvgIpc) is 2.97. The van der Waals surface area contributed by atoms with Gasteiger partial charge in [0.2, 0.25) is 15.9 Å². The molecule has 3 aromatic rings. The third kappa shape index (κ3) is 4.42. The van der Waals surface area contributed by atoms with Crippen molar-refractivity contribution in [1.29, 1.82) is 0 Å². The smallest absolute Gasteiger partial charge is 0.308 e. The third-order valence-corrected chi connectivity index (χ3v) is 6.82. The van der Waals surface area contributed by atoms with E-state index in [1.54, 1.807) is 53.1 Å². The highest BCUT2D eigenvalue weighted by Gasteiger charge is 2.30. The lowest BCUT2D eigenvalue weighted by Gasteiger charge is -2.25. The summed E-state index contributed by atoms with van der Waals surface area (Å²) in [6.45, 7) is 3.88. The number of likely N-dealkylation sites (N-methyl/N-ethyl adjacent to an activating group) is 1. The Hall–Kier alpha value is -2.49. The highest BCUT2D eigenvalue weighted by atomic mass is 32.2. The Bertz CT molecular complexity index is 1200. The number of thiazole rings is 1. The molecule has 2 aromatic carbocycles. The number of aromatic nitrogens is 1. The Morgan fingerprint density at radius 3 is 2.38 bits per heavy atom. The van der Waals surface area contributed by atoms with E-state index in [-0.39, 0.29) is 10.9 Å². The molecule has 0 bridgehead atoms. The normalized spacial score (nSPS) is 13.2. The molecule has 0 fully saturated rings. The summed E-state index contributed by atoms with van der Waals surface area (Å²) in [5.41, 5.74) is 1.87. The molecule has 1 heterocycles. The van der Waals surface area contributed by atoms with E-state index in [1.807, 2.05) is 13.8 Å². The van der Waals surface area contributed by atoms with Gasteiger partial charge in [-0.3, -0.25) is 14.2 Å². The molecule has 0 spiro atoms. The first kappa shape index (κ1) is 21.2. The van der Waals surface area contributed by atoms with Crippen LogP contribution in [0.3, 0.4) is 0 Å². The summed E-state index contributed by atoms with van der Waals surface area (Å²) < 4.78 is 27.7. The van der Waals surface area contributed by atoms with E-state index in [9.17, 15) is 18.0 Å². The number of benzene rings is 2. The second-order valence-corrected chi connectivity index (χ2v) is 10.1. The number of amides is 1. The number of anilines is 1. The third-order valence-electron chi connectivity index (χ3n) is 4.65.